The Morgan fingerprint density at radius 1 is 1.53 bits per heavy atom. The van der Waals surface area contributed by atoms with E-state index in [-0.39, 0.29) is 0 Å². The van der Waals surface area contributed by atoms with E-state index >= 15 is 0 Å². The fourth-order valence-corrected chi connectivity index (χ4v) is 2.26. The third-order valence-electron chi connectivity index (χ3n) is 3.07. The van der Waals surface area contributed by atoms with Gasteiger partial charge in [0, 0.05) is 18.3 Å². The summed E-state index contributed by atoms with van der Waals surface area (Å²) in [5.41, 5.74) is 9.66. The summed E-state index contributed by atoms with van der Waals surface area (Å²) in [6.45, 7) is 4.61. The summed E-state index contributed by atoms with van der Waals surface area (Å²) in [5.74, 6) is 0. The maximum Gasteiger partial charge on any atom is 0.0349 e. The molecule has 3 N–H and O–H groups in total. The standard InChI is InChI=1S/C13H18N2/c1-2-8-15-11-6-7-12-10(9-11)4-3-5-13(12)14/h2-5,11,15H,1,6-9,14H2. The Labute approximate surface area is 91.2 Å². The van der Waals surface area contributed by atoms with Crippen LogP contribution in [0.5, 0.6) is 0 Å². The van der Waals surface area contributed by atoms with Gasteiger partial charge in [0.25, 0.3) is 0 Å². The van der Waals surface area contributed by atoms with Crippen molar-refractivity contribution in [2.24, 2.45) is 0 Å². The van der Waals surface area contributed by atoms with Gasteiger partial charge in [-0.2, -0.15) is 0 Å². The molecule has 0 saturated heterocycles. The number of nitrogens with two attached hydrogens (primary N) is 1. The van der Waals surface area contributed by atoms with Crippen molar-refractivity contribution >= 4 is 5.69 Å². The van der Waals surface area contributed by atoms with Gasteiger partial charge in [-0.25, -0.2) is 0 Å². The summed E-state index contributed by atoms with van der Waals surface area (Å²) < 4.78 is 0. The smallest absolute Gasteiger partial charge is 0.0349 e. The number of rotatable bonds is 3. The fourth-order valence-electron chi connectivity index (χ4n) is 2.26. The van der Waals surface area contributed by atoms with Gasteiger partial charge < -0.3 is 11.1 Å². The molecule has 0 aliphatic heterocycles. The minimum absolute atomic E-state index is 0.581. The Morgan fingerprint density at radius 3 is 3.20 bits per heavy atom. The summed E-state index contributed by atoms with van der Waals surface area (Å²) >= 11 is 0. The van der Waals surface area contributed by atoms with Crippen molar-refractivity contribution in [3.63, 3.8) is 0 Å². The van der Waals surface area contributed by atoms with Crippen molar-refractivity contribution < 1.29 is 0 Å². The SMILES string of the molecule is C=CCNC1CCc2c(N)cccc2C1. The number of nitrogen functional groups attached to an aromatic ring is 1. The molecule has 2 rings (SSSR count). The van der Waals surface area contributed by atoms with E-state index in [1.54, 1.807) is 0 Å². The molecule has 0 spiro atoms. The molecule has 15 heavy (non-hydrogen) atoms. The normalized spacial score (nSPS) is 19.6. The van der Waals surface area contributed by atoms with E-state index in [2.05, 4.69) is 18.0 Å². The molecule has 1 aliphatic rings. The van der Waals surface area contributed by atoms with Crippen LogP contribution in [0.4, 0.5) is 5.69 Å². The van der Waals surface area contributed by atoms with Crippen molar-refractivity contribution in [2.75, 3.05) is 12.3 Å². The number of fused-ring (bicyclic) bond motifs is 1. The predicted octanol–water partition coefficient (Wildman–Crippen LogP) is 1.90. The minimum atomic E-state index is 0.581. The molecule has 2 nitrogen and oxygen atoms in total. The van der Waals surface area contributed by atoms with Crippen LogP contribution < -0.4 is 11.1 Å². The highest BCUT2D eigenvalue weighted by Gasteiger charge is 2.18. The first kappa shape index (κ1) is 10.2. The van der Waals surface area contributed by atoms with Gasteiger partial charge in [-0.1, -0.05) is 18.2 Å². The number of anilines is 1. The topological polar surface area (TPSA) is 38.0 Å². The van der Waals surface area contributed by atoms with Crippen molar-refractivity contribution in [2.45, 2.75) is 25.3 Å². The first-order valence-corrected chi connectivity index (χ1v) is 5.52. The molecule has 0 heterocycles. The molecule has 2 heteroatoms. The molecule has 0 radical (unpaired) electrons. The van der Waals surface area contributed by atoms with Crippen LogP contribution >= 0.6 is 0 Å². The zero-order valence-electron chi connectivity index (χ0n) is 9.00. The van der Waals surface area contributed by atoms with Crippen molar-refractivity contribution in [1.29, 1.82) is 0 Å². The van der Waals surface area contributed by atoms with Crippen LogP contribution in [-0.2, 0) is 12.8 Å². The first-order valence-electron chi connectivity index (χ1n) is 5.52. The molecule has 1 aromatic carbocycles. The van der Waals surface area contributed by atoms with Crippen LogP contribution in [0.3, 0.4) is 0 Å². The largest absolute Gasteiger partial charge is 0.398 e. The summed E-state index contributed by atoms with van der Waals surface area (Å²) in [6, 6.07) is 6.81. The zero-order chi connectivity index (χ0) is 10.7. The molecule has 0 amide bonds. The average Bonchev–Trinajstić information content (AvgIpc) is 2.26. The van der Waals surface area contributed by atoms with Crippen LogP contribution in [0.15, 0.2) is 30.9 Å². The van der Waals surface area contributed by atoms with Crippen molar-refractivity contribution in [3.8, 4) is 0 Å². The van der Waals surface area contributed by atoms with Crippen LogP contribution in [0.25, 0.3) is 0 Å². The molecular formula is C13H18N2. The Bertz CT molecular complexity index is 358. The second-order valence-electron chi connectivity index (χ2n) is 4.12. The molecular weight excluding hydrogens is 184 g/mol. The van der Waals surface area contributed by atoms with Gasteiger partial charge in [-0.15, -0.1) is 6.58 Å². The third kappa shape index (κ3) is 2.21. The van der Waals surface area contributed by atoms with Gasteiger partial charge >= 0.3 is 0 Å². The lowest BCUT2D eigenvalue weighted by molar-refractivity contribution is 0.480. The van der Waals surface area contributed by atoms with Crippen LogP contribution in [0.2, 0.25) is 0 Å². The Hall–Kier alpha value is -1.28. The highest BCUT2D eigenvalue weighted by atomic mass is 14.9. The van der Waals surface area contributed by atoms with Gasteiger partial charge in [0.2, 0.25) is 0 Å². The van der Waals surface area contributed by atoms with Gasteiger partial charge in [0.15, 0.2) is 0 Å². The second kappa shape index (κ2) is 4.49. The van der Waals surface area contributed by atoms with Crippen LogP contribution in [0, 0.1) is 0 Å². The molecule has 0 aromatic heterocycles. The summed E-state index contributed by atoms with van der Waals surface area (Å²) in [7, 11) is 0. The molecule has 0 fully saturated rings. The molecule has 1 aliphatic carbocycles. The number of nitrogens with one attached hydrogen (secondary N) is 1. The van der Waals surface area contributed by atoms with Crippen molar-refractivity contribution in [3.05, 3.63) is 42.0 Å². The lowest BCUT2D eigenvalue weighted by atomic mass is 9.87. The van der Waals surface area contributed by atoms with Gasteiger partial charge in [0.05, 0.1) is 0 Å². The van der Waals surface area contributed by atoms with Crippen LogP contribution in [0.1, 0.15) is 17.5 Å². The monoisotopic (exact) mass is 202 g/mol. The second-order valence-corrected chi connectivity index (χ2v) is 4.12. The summed E-state index contributed by atoms with van der Waals surface area (Å²) in [6.07, 6.45) is 5.27. The maximum absolute atomic E-state index is 5.95. The van der Waals surface area contributed by atoms with E-state index in [0.29, 0.717) is 6.04 Å². The van der Waals surface area contributed by atoms with Crippen molar-refractivity contribution in [1.82, 2.24) is 5.32 Å². The summed E-state index contributed by atoms with van der Waals surface area (Å²) in [4.78, 5) is 0. The number of hydrogen-bond acceptors (Lipinski definition) is 2. The van der Waals surface area contributed by atoms with E-state index in [1.807, 2.05) is 18.2 Å². The first-order chi connectivity index (χ1) is 7.31. The zero-order valence-corrected chi connectivity index (χ0v) is 9.00. The van der Waals surface area contributed by atoms with E-state index < -0.39 is 0 Å². The minimum Gasteiger partial charge on any atom is -0.398 e. The Kier molecular flexibility index (Phi) is 3.07. The lowest BCUT2D eigenvalue weighted by Crippen LogP contribution is -2.34. The van der Waals surface area contributed by atoms with Crippen LogP contribution in [-0.4, -0.2) is 12.6 Å². The Morgan fingerprint density at radius 2 is 2.40 bits per heavy atom. The average molecular weight is 202 g/mol. The van der Waals surface area contributed by atoms with Gasteiger partial charge in [-0.05, 0) is 36.5 Å². The third-order valence-corrected chi connectivity index (χ3v) is 3.07. The molecule has 1 aromatic rings. The Balaban J connectivity index is 2.10. The van der Waals surface area contributed by atoms with E-state index in [4.69, 9.17) is 5.73 Å². The fraction of sp³-hybridized carbons (Fsp3) is 0.385. The lowest BCUT2D eigenvalue weighted by Gasteiger charge is -2.26. The molecule has 80 valence electrons. The van der Waals surface area contributed by atoms with E-state index in [0.717, 1.165) is 25.1 Å². The quantitative estimate of drug-likeness (QED) is 0.580. The predicted molar refractivity (Wildman–Crippen MR) is 64.9 cm³/mol. The van der Waals surface area contributed by atoms with E-state index in [1.165, 1.54) is 17.5 Å². The number of benzene rings is 1. The molecule has 1 atom stereocenters. The highest BCUT2D eigenvalue weighted by Crippen LogP contribution is 2.25. The number of hydrogen-bond donors (Lipinski definition) is 2. The molecule has 1 unspecified atom stereocenters. The van der Waals surface area contributed by atoms with E-state index in [9.17, 15) is 0 Å². The van der Waals surface area contributed by atoms with Gasteiger partial charge in [0.1, 0.15) is 0 Å². The molecule has 0 saturated carbocycles. The van der Waals surface area contributed by atoms with Gasteiger partial charge in [-0.3, -0.25) is 0 Å². The highest BCUT2D eigenvalue weighted by molar-refractivity contribution is 5.52. The molecule has 0 bridgehead atoms. The summed E-state index contributed by atoms with van der Waals surface area (Å²) in [5, 5.41) is 3.47. The maximum atomic E-state index is 5.95.